The molecule has 0 aromatic carbocycles. The summed E-state index contributed by atoms with van der Waals surface area (Å²) in [6, 6.07) is 5.69. The number of anilines is 1. The van der Waals surface area contributed by atoms with Crippen LogP contribution in [0.15, 0.2) is 35.4 Å². The minimum Gasteiger partial charge on any atom is -0.353 e. The third-order valence-corrected chi connectivity index (χ3v) is 4.15. The second kappa shape index (κ2) is 5.85. The van der Waals surface area contributed by atoms with Crippen molar-refractivity contribution < 1.29 is 0 Å². The Morgan fingerprint density at radius 1 is 1.26 bits per heavy atom. The standard InChI is InChI=1S/C16H18N6O/c23-14-8-13(12-9-19-15-11(12)2-1-5-18-15)21-16(22-14)20-10-3-6-17-7-4-10/h1-2,5,8-10,17H,3-4,6-7H2,(H,18,19)(H2,20,21,22,23). The third kappa shape index (κ3) is 2.83. The largest absolute Gasteiger partial charge is 0.353 e. The van der Waals surface area contributed by atoms with Crippen LogP contribution in [0.25, 0.3) is 22.3 Å². The van der Waals surface area contributed by atoms with E-state index in [1.54, 1.807) is 6.20 Å². The van der Waals surface area contributed by atoms with Crippen molar-refractivity contribution in [1.82, 2.24) is 25.3 Å². The second-order valence-electron chi connectivity index (χ2n) is 5.75. The molecule has 1 fully saturated rings. The number of aromatic amines is 2. The van der Waals surface area contributed by atoms with Crippen LogP contribution in [0.1, 0.15) is 12.8 Å². The summed E-state index contributed by atoms with van der Waals surface area (Å²) < 4.78 is 0. The van der Waals surface area contributed by atoms with Gasteiger partial charge in [0.25, 0.3) is 5.56 Å². The molecule has 3 aromatic rings. The third-order valence-electron chi connectivity index (χ3n) is 4.15. The van der Waals surface area contributed by atoms with Crippen molar-refractivity contribution in [3.05, 3.63) is 40.9 Å². The second-order valence-corrected chi connectivity index (χ2v) is 5.75. The van der Waals surface area contributed by atoms with Gasteiger partial charge in [0, 0.05) is 35.5 Å². The van der Waals surface area contributed by atoms with E-state index in [0.29, 0.717) is 17.7 Å². The van der Waals surface area contributed by atoms with E-state index in [-0.39, 0.29) is 5.56 Å². The molecule has 0 saturated carbocycles. The Balaban J connectivity index is 1.70. The first-order chi connectivity index (χ1) is 11.3. The van der Waals surface area contributed by atoms with E-state index in [1.165, 1.54) is 6.07 Å². The molecule has 4 N–H and O–H groups in total. The molecule has 0 bridgehead atoms. The monoisotopic (exact) mass is 310 g/mol. The van der Waals surface area contributed by atoms with Crippen molar-refractivity contribution in [1.29, 1.82) is 0 Å². The zero-order valence-electron chi connectivity index (χ0n) is 12.6. The minimum atomic E-state index is -0.162. The maximum absolute atomic E-state index is 12.0. The summed E-state index contributed by atoms with van der Waals surface area (Å²) in [6.45, 7) is 1.96. The molecule has 1 aliphatic rings. The molecular formula is C16H18N6O. The van der Waals surface area contributed by atoms with Crippen LogP contribution >= 0.6 is 0 Å². The summed E-state index contributed by atoms with van der Waals surface area (Å²) in [6.07, 6.45) is 5.61. The van der Waals surface area contributed by atoms with Crippen molar-refractivity contribution in [2.45, 2.75) is 18.9 Å². The zero-order valence-corrected chi connectivity index (χ0v) is 12.6. The molecule has 1 saturated heterocycles. The lowest BCUT2D eigenvalue weighted by atomic mass is 10.1. The number of hydrogen-bond acceptors (Lipinski definition) is 5. The maximum Gasteiger partial charge on any atom is 0.252 e. The van der Waals surface area contributed by atoms with Crippen LogP contribution in [0.4, 0.5) is 5.95 Å². The number of H-pyrrole nitrogens is 2. The normalized spacial score (nSPS) is 15.8. The molecule has 0 radical (unpaired) electrons. The summed E-state index contributed by atoms with van der Waals surface area (Å²) in [4.78, 5) is 26.8. The Kier molecular flexibility index (Phi) is 3.55. The van der Waals surface area contributed by atoms with E-state index in [4.69, 9.17) is 0 Å². The smallest absolute Gasteiger partial charge is 0.252 e. The number of nitrogens with zero attached hydrogens (tertiary/aromatic N) is 2. The fourth-order valence-electron chi connectivity index (χ4n) is 2.99. The molecule has 7 nitrogen and oxygen atoms in total. The number of rotatable bonds is 3. The Morgan fingerprint density at radius 3 is 3.00 bits per heavy atom. The van der Waals surface area contributed by atoms with Crippen molar-refractivity contribution >= 4 is 17.0 Å². The van der Waals surface area contributed by atoms with Crippen LogP contribution in [0, 0.1) is 0 Å². The van der Waals surface area contributed by atoms with Crippen LogP contribution < -0.4 is 16.2 Å². The van der Waals surface area contributed by atoms with E-state index in [1.807, 2.05) is 18.3 Å². The highest BCUT2D eigenvalue weighted by atomic mass is 16.1. The van der Waals surface area contributed by atoms with Crippen LogP contribution in [0.5, 0.6) is 0 Å². The summed E-state index contributed by atoms with van der Waals surface area (Å²) >= 11 is 0. The average molecular weight is 310 g/mol. The average Bonchev–Trinajstić information content (AvgIpc) is 2.99. The highest BCUT2D eigenvalue weighted by Gasteiger charge is 2.15. The van der Waals surface area contributed by atoms with Crippen LogP contribution in [0.3, 0.4) is 0 Å². The molecule has 0 unspecified atom stereocenters. The number of fused-ring (bicyclic) bond motifs is 1. The molecule has 1 aliphatic heterocycles. The zero-order chi connectivity index (χ0) is 15.6. The molecule has 3 aromatic heterocycles. The first-order valence-electron chi connectivity index (χ1n) is 7.81. The van der Waals surface area contributed by atoms with Crippen LogP contribution in [-0.2, 0) is 0 Å². The van der Waals surface area contributed by atoms with E-state index < -0.39 is 0 Å². The predicted octanol–water partition coefficient (Wildman–Crippen LogP) is 1.48. The summed E-state index contributed by atoms with van der Waals surface area (Å²) in [5.74, 6) is 0.526. The van der Waals surface area contributed by atoms with Crippen LogP contribution in [0.2, 0.25) is 0 Å². The lowest BCUT2D eigenvalue weighted by Gasteiger charge is -2.23. The van der Waals surface area contributed by atoms with Gasteiger partial charge in [0.2, 0.25) is 5.95 Å². The number of aromatic nitrogens is 4. The summed E-state index contributed by atoms with van der Waals surface area (Å²) in [7, 11) is 0. The molecule has 0 atom stereocenters. The van der Waals surface area contributed by atoms with Gasteiger partial charge < -0.3 is 15.6 Å². The Labute approximate surface area is 132 Å². The van der Waals surface area contributed by atoms with E-state index in [9.17, 15) is 4.79 Å². The van der Waals surface area contributed by atoms with Gasteiger partial charge >= 0.3 is 0 Å². The van der Waals surface area contributed by atoms with Gasteiger partial charge in [-0.1, -0.05) is 0 Å². The molecule has 0 spiro atoms. The highest BCUT2D eigenvalue weighted by molar-refractivity contribution is 5.92. The van der Waals surface area contributed by atoms with Gasteiger partial charge in [-0.25, -0.2) is 9.97 Å². The number of pyridine rings is 1. The minimum absolute atomic E-state index is 0.162. The molecule has 23 heavy (non-hydrogen) atoms. The molecule has 0 amide bonds. The van der Waals surface area contributed by atoms with Crippen molar-refractivity contribution in [3.8, 4) is 11.3 Å². The molecule has 4 heterocycles. The van der Waals surface area contributed by atoms with Gasteiger partial charge in [0.15, 0.2) is 0 Å². The number of hydrogen-bond donors (Lipinski definition) is 4. The quantitative estimate of drug-likeness (QED) is 0.587. The molecule has 0 aliphatic carbocycles. The van der Waals surface area contributed by atoms with Gasteiger partial charge in [0.05, 0.1) is 5.69 Å². The van der Waals surface area contributed by atoms with E-state index in [0.717, 1.165) is 42.5 Å². The molecular weight excluding hydrogens is 292 g/mol. The fraction of sp³-hybridized carbons (Fsp3) is 0.312. The Hall–Kier alpha value is -2.67. The molecule has 118 valence electrons. The van der Waals surface area contributed by atoms with Crippen molar-refractivity contribution in [2.75, 3.05) is 18.4 Å². The van der Waals surface area contributed by atoms with E-state index >= 15 is 0 Å². The first-order valence-corrected chi connectivity index (χ1v) is 7.81. The topological polar surface area (TPSA) is 98.5 Å². The predicted molar refractivity (Wildman–Crippen MR) is 89.5 cm³/mol. The molecule has 7 heteroatoms. The van der Waals surface area contributed by atoms with Gasteiger partial charge in [-0.3, -0.25) is 9.78 Å². The van der Waals surface area contributed by atoms with Gasteiger partial charge in [-0.05, 0) is 38.1 Å². The summed E-state index contributed by atoms with van der Waals surface area (Å²) in [5.41, 5.74) is 2.15. The van der Waals surface area contributed by atoms with Gasteiger partial charge in [0.1, 0.15) is 5.65 Å². The molecule has 4 rings (SSSR count). The Bertz CT molecular complexity index is 877. The SMILES string of the molecule is O=c1cc(-c2c[nH]c3ncccc23)nc(NC2CCNCC2)[nH]1. The van der Waals surface area contributed by atoms with E-state index in [2.05, 4.69) is 30.6 Å². The van der Waals surface area contributed by atoms with Gasteiger partial charge in [-0.2, -0.15) is 0 Å². The number of piperidine rings is 1. The number of nitrogens with one attached hydrogen (secondary N) is 4. The maximum atomic E-state index is 12.0. The van der Waals surface area contributed by atoms with Crippen LogP contribution in [-0.4, -0.2) is 39.1 Å². The lowest BCUT2D eigenvalue weighted by molar-refractivity contribution is 0.477. The fourth-order valence-corrected chi connectivity index (χ4v) is 2.99. The Morgan fingerprint density at radius 2 is 2.13 bits per heavy atom. The highest BCUT2D eigenvalue weighted by Crippen LogP contribution is 2.25. The van der Waals surface area contributed by atoms with Crippen molar-refractivity contribution in [3.63, 3.8) is 0 Å². The van der Waals surface area contributed by atoms with Crippen molar-refractivity contribution in [2.24, 2.45) is 0 Å². The summed E-state index contributed by atoms with van der Waals surface area (Å²) in [5, 5.41) is 7.62. The van der Waals surface area contributed by atoms with Gasteiger partial charge in [-0.15, -0.1) is 0 Å². The first kappa shape index (κ1) is 14.0. The lowest BCUT2D eigenvalue weighted by Crippen LogP contribution is -2.36.